The van der Waals surface area contributed by atoms with Crippen LogP contribution in [0.5, 0.6) is 11.5 Å². The predicted octanol–water partition coefficient (Wildman–Crippen LogP) is 0.196. The highest BCUT2D eigenvalue weighted by Gasteiger charge is 2.32. The molecule has 26 heavy (non-hydrogen) atoms. The van der Waals surface area contributed by atoms with Crippen LogP contribution in [0, 0.1) is 0 Å². The van der Waals surface area contributed by atoms with Gasteiger partial charge in [-0.2, -0.15) is 0 Å². The number of rotatable bonds is 3. The monoisotopic (exact) mass is 374 g/mol. The van der Waals surface area contributed by atoms with Crippen LogP contribution in [0.15, 0.2) is 24.3 Å². The summed E-state index contributed by atoms with van der Waals surface area (Å²) in [5, 5.41) is 3.33. The van der Waals surface area contributed by atoms with Gasteiger partial charge in [0.2, 0.25) is 6.10 Å². The summed E-state index contributed by atoms with van der Waals surface area (Å²) < 4.78 is 11.3. The average molecular weight is 374 g/mol. The van der Waals surface area contributed by atoms with Crippen molar-refractivity contribution >= 4 is 28.2 Å². The van der Waals surface area contributed by atoms with Crippen molar-refractivity contribution in [1.29, 1.82) is 0 Å². The quantitative estimate of drug-likeness (QED) is 0.715. The number of nitrogens with two attached hydrogens (primary N) is 1. The van der Waals surface area contributed by atoms with Crippen molar-refractivity contribution in [3.63, 3.8) is 0 Å². The van der Waals surface area contributed by atoms with E-state index in [4.69, 9.17) is 15.2 Å². The van der Waals surface area contributed by atoms with E-state index in [0.717, 1.165) is 30.0 Å². The van der Waals surface area contributed by atoms with Crippen molar-refractivity contribution in [2.45, 2.75) is 19.1 Å². The van der Waals surface area contributed by atoms with Crippen molar-refractivity contribution in [2.75, 3.05) is 25.5 Å². The van der Waals surface area contributed by atoms with E-state index in [1.54, 1.807) is 12.1 Å². The summed E-state index contributed by atoms with van der Waals surface area (Å²) in [4.78, 5) is 27.1. The number of fused-ring (bicyclic) bond motifs is 2. The number of primary amides is 1. The van der Waals surface area contributed by atoms with Crippen molar-refractivity contribution < 1.29 is 24.0 Å². The molecule has 0 bridgehead atoms. The molecular weight excluding hydrogens is 354 g/mol. The molecule has 4 N–H and O–H groups in total. The molecule has 1 aromatic heterocycles. The molecule has 0 fully saturated rings. The fourth-order valence-corrected chi connectivity index (χ4v) is 4.68. The molecule has 7 nitrogen and oxygen atoms in total. The maximum absolute atomic E-state index is 12.7. The van der Waals surface area contributed by atoms with E-state index < -0.39 is 12.0 Å². The van der Waals surface area contributed by atoms with Crippen LogP contribution >= 0.6 is 11.3 Å². The third-order valence-corrected chi connectivity index (χ3v) is 5.79. The van der Waals surface area contributed by atoms with Gasteiger partial charge in [-0.05, 0) is 17.7 Å². The normalized spacial score (nSPS) is 21.0. The number of nitrogens with one attached hydrogen (secondary N) is 2. The summed E-state index contributed by atoms with van der Waals surface area (Å²) in [6.45, 7) is 1.88. The second-order valence-electron chi connectivity index (χ2n) is 6.56. The minimum atomic E-state index is -0.780. The standard InChI is InChI=1S/C18H19N3O4S/c1-21-7-6-10-14(8-21)26-18(15(10)16(19)22)20-17(23)13-9-24-11-4-2-3-5-12(11)25-13/h2-5,13H,6-9H2,1H3,(H2,19,22)(H,20,23)/p+1/t13-/m1/s1. The molecule has 1 aromatic carbocycles. The highest BCUT2D eigenvalue weighted by Crippen LogP contribution is 2.35. The maximum Gasteiger partial charge on any atom is 0.269 e. The SMILES string of the molecule is C[NH+]1CCc2c(sc(NC(=O)[C@H]3COc4ccccc4O3)c2C(N)=O)C1. The molecule has 4 rings (SSSR count). The van der Waals surface area contributed by atoms with Gasteiger partial charge >= 0.3 is 0 Å². The predicted molar refractivity (Wildman–Crippen MR) is 97.0 cm³/mol. The van der Waals surface area contributed by atoms with Crippen LogP contribution in [0.2, 0.25) is 0 Å². The second-order valence-corrected chi connectivity index (χ2v) is 7.66. The number of hydrogen-bond donors (Lipinski definition) is 3. The number of ether oxygens (including phenoxy) is 2. The Kier molecular flexibility index (Phi) is 4.29. The first-order valence-electron chi connectivity index (χ1n) is 8.48. The zero-order valence-electron chi connectivity index (χ0n) is 14.3. The highest BCUT2D eigenvalue weighted by molar-refractivity contribution is 7.17. The van der Waals surface area contributed by atoms with Crippen LogP contribution in [-0.2, 0) is 17.8 Å². The van der Waals surface area contributed by atoms with Crippen molar-refractivity contribution in [2.24, 2.45) is 5.73 Å². The van der Waals surface area contributed by atoms with Crippen molar-refractivity contribution in [1.82, 2.24) is 0 Å². The lowest BCUT2D eigenvalue weighted by Gasteiger charge is -2.25. The first kappa shape index (κ1) is 16.9. The molecule has 2 atom stereocenters. The lowest BCUT2D eigenvalue weighted by molar-refractivity contribution is -0.895. The number of carbonyl (C=O) groups excluding carboxylic acids is 2. The minimum Gasteiger partial charge on any atom is -0.485 e. The van der Waals surface area contributed by atoms with Gasteiger partial charge in [-0.25, -0.2) is 0 Å². The maximum atomic E-state index is 12.7. The second kappa shape index (κ2) is 6.62. The van der Waals surface area contributed by atoms with Crippen molar-refractivity contribution in [3.05, 3.63) is 40.3 Å². The Morgan fingerprint density at radius 3 is 2.85 bits per heavy atom. The summed E-state index contributed by atoms with van der Waals surface area (Å²) >= 11 is 1.42. The Morgan fingerprint density at radius 2 is 2.08 bits per heavy atom. The number of benzene rings is 1. The minimum absolute atomic E-state index is 0.118. The number of quaternary nitrogens is 1. The van der Waals surface area contributed by atoms with E-state index in [1.807, 2.05) is 12.1 Å². The fraction of sp³-hybridized carbons (Fsp3) is 0.333. The molecule has 0 radical (unpaired) electrons. The zero-order chi connectivity index (χ0) is 18.3. The van der Waals surface area contributed by atoms with Crippen LogP contribution in [0.3, 0.4) is 0 Å². The number of hydrogen-bond acceptors (Lipinski definition) is 5. The molecule has 8 heteroatoms. The third kappa shape index (κ3) is 3.02. The van der Waals surface area contributed by atoms with Crippen molar-refractivity contribution in [3.8, 4) is 11.5 Å². The molecule has 0 saturated heterocycles. The van der Waals surface area contributed by atoms with E-state index in [-0.39, 0.29) is 12.5 Å². The molecule has 2 aliphatic heterocycles. The molecule has 3 heterocycles. The molecule has 0 aliphatic carbocycles. The van der Waals surface area contributed by atoms with Crippen LogP contribution < -0.4 is 25.4 Å². The summed E-state index contributed by atoms with van der Waals surface area (Å²) in [5.41, 5.74) is 6.99. The summed E-state index contributed by atoms with van der Waals surface area (Å²) in [6.07, 6.45) is 0.000405. The highest BCUT2D eigenvalue weighted by atomic mass is 32.1. The molecule has 0 saturated carbocycles. The Bertz CT molecular complexity index is 879. The van der Waals surface area contributed by atoms with Gasteiger partial charge in [0.25, 0.3) is 11.8 Å². The van der Waals surface area contributed by atoms with Crippen LogP contribution in [-0.4, -0.2) is 38.1 Å². The number of anilines is 1. The van der Waals surface area contributed by atoms with Gasteiger partial charge in [-0.3, -0.25) is 9.59 Å². The van der Waals surface area contributed by atoms with E-state index in [1.165, 1.54) is 16.2 Å². The molecule has 1 unspecified atom stereocenters. The van der Waals surface area contributed by atoms with E-state index >= 15 is 0 Å². The van der Waals surface area contributed by atoms with Crippen LogP contribution in [0.4, 0.5) is 5.00 Å². The van der Waals surface area contributed by atoms with E-state index in [9.17, 15) is 9.59 Å². The lowest BCUT2D eigenvalue weighted by Crippen LogP contribution is -3.08. The smallest absolute Gasteiger partial charge is 0.269 e. The lowest BCUT2D eigenvalue weighted by atomic mass is 10.0. The molecule has 2 aromatic rings. The van der Waals surface area contributed by atoms with Gasteiger partial charge < -0.3 is 25.4 Å². The Balaban J connectivity index is 1.56. The Hall–Kier alpha value is -2.58. The van der Waals surface area contributed by atoms with Gasteiger partial charge in [-0.15, -0.1) is 11.3 Å². The molecule has 2 amide bonds. The van der Waals surface area contributed by atoms with Gasteiger partial charge in [0.1, 0.15) is 18.2 Å². The molecular formula is C18H20N3O4S+. The first-order chi connectivity index (χ1) is 12.5. The largest absolute Gasteiger partial charge is 0.485 e. The average Bonchev–Trinajstić information content (AvgIpc) is 2.98. The van der Waals surface area contributed by atoms with Gasteiger partial charge in [-0.1, -0.05) is 12.1 Å². The van der Waals surface area contributed by atoms with Gasteiger partial charge in [0.15, 0.2) is 11.5 Å². The molecule has 0 spiro atoms. The van der Waals surface area contributed by atoms with E-state index in [0.29, 0.717) is 22.1 Å². The van der Waals surface area contributed by atoms with Crippen LogP contribution in [0.1, 0.15) is 20.8 Å². The van der Waals surface area contributed by atoms with Crippen LogP contribution in [0.25, 0.3) is 0 Å². The van der Waals surface area contributed by atoms with E-state index in [2.05, 4.69) is 12.4 Å². The third-order valence-electron chi connectivity index (χ3n) is 4.64. The van der Waals surface area contributed by atoms with Gasteiger partial charge in [0.05, 0.1) is 24.0 Å². The Morgan fingerprint density at radius 1 is 1.31 bits per heavy atom. The fourth-order valence-electron chi connectivity index (χ4n) is 3.31. The number of carbonyl (C=O) groups is 2. The Labute approximate surface area is 154 Å². The first-order valence-corrected chi connectivity index (χ1v) is 9.29. The summed E-state index contributed by atoms with van der Waals surface area (Å²) in [5.74, 6) is 0.293. The molecule has 2 aliphatic rings. The number of para-hydroxylation sites is 2. The topological polar surface area (TPSA) is 95.1 Å². The molecule has 136 valence electrons. The number of likely N-dealkylation sites (N-methyl/N-ethyl adjacent to an activating group) is 1. The van der Waals surface area contributed by atoms with Gasteiger partial charge in [0, 0.05) is 6.42 Å². The zero-order valence-corrected chi connectivity index (χ0v) is 15.2. The summed E-state index contributed by atoms with van der Waals surface area (Å²) in [7, 11) is 2.11. The summed E-state index contributed by atoms with van der Waals surface area (Å²) in [6, 6.07) is 7.21. The number of amides is 2. The number of thiophene rings is 1.